The minimum absolute atomic E-state index is 0.00108. The molecule has 2 aromatic heterocycles. The van der Waals surface area contributed by atoms with Gasteiger partial charge in [0.25, 0.3) is 5.91 Å². The Morgan fingerprint density at radius 2 is 2.00 bits per heavy atom. The van der Waals surface area contributed by atoms with E-state index in [-0.39, 0.29) is 34.4 Å². The first-order valence-corrected chi connectivity index (χ1v) is 12.3. The summed E-state index contributed by atoms with van der Waals surface area (Å²) in [6.07, 6.45) is 4.58. The second kappa shape index (κ2) is 8.75. The number of allylic oxidation sites excluding steroid dienone is 2. The Bertz CT molecular complexity index is 1590. The molecule has 10 heteroatoms. The lowest BCUT2D eigenvalue weighted by Crippen LogP contribution is -2.22. The van der Waals surface area contributed by atoms with E-state index < -0.39 is 29.2 Å². The molecule has 0 spiro atoms. The van der Waals surface area contributed by atoms with Gasteiger partial charge in [0, 0.05) is 5.56 Å². The summed E-state index contributed by atoms with van der Waals surface area (Å²) in [6.45, 7) is 0. The molecule has 8 nitrogen and oxygen atoms in total. The lowest BCUT2D eigenvalue weighted by atomic mass is 9.86. The molecule has 2 atom stereocenters. The Labute approximate surface area is 216 Å². The number of benzene rings is 1. The van der Waals surface area contributed by atoms with E-state index in [1.165, 1.54) is 13.2 Å². The number of halogens is 2. The second-order valence-electron chi connectivity index (χ2n) is 9.89. The third kappa shape index (κ3) is 3.78. The van der Waals surface area contributed by atoms with Crippen molar-refractivity contribution < 1.29 is 28.5 Å². The molecule has 1 amide bonds. The molecule has 2 bridgehead atoms. The fraction of sp³-hybridized carbons (Fsp3) is 0.321. The van der Waals surface area contributed by atoms with Gasteiger partial charge >= 0.3 is 0 Å². The first kappa shape index (κ1) is 24.3. The summed E-state index contributed by atoms with van der Waals surface area (Å²) in [5.41, 5.74) is 6.45. The zero-order valence-corrected chi connectivity index (χ0v) is 20.5. The van der Waals surface area contributed by atoms with Crippen LogP contribution in [-0.4, -0.2) is 43.4 Å². The van der Waals surface area contributed by atoms with E-state index in [1.54, 1.807) is 10.6 Å². The van der Waals surface area contributed by atoms with Crippen LogP contribution in [0.15, 0.2) is 30.5 Å². The maximum atomic E-state index is 15.2. The van der Waals surface area contributed by atoms with Crippen LogP contribution < -0.4 is 10.5 Å². The van der Waals surface area contributed by atoms with Gasteiger partial charge in [-0.25, -0.2) is 18.7 Å². The van der Waals surface area contributed by atoms with Crippen molar-refractivity contribution in [2.24, 2.45) is 5.73 Å². The Morgan fingerprint density at radius 1 is 1.26 bits per heavy atom. The maximum Gasteiger partial charge on any atom is 0.269 e. The van der Waals surface area contributed by atoms with Crippen molar-refractivity contribution in [1.29, 1.82) is 0 Å². The van der Waals surface area contributed by atoms with E-state index >= 15 is 4.39 Å². The van der Waals surface area contributed by atoms with Crippen LogP contribution in [0.5, 0.6) is 5.88 Å². The molecule has 0 saturated heterocycles. The number of carbonyl (C=O) groups excluding carboxylic acids is 1. The van der Waals surface area contributed by atoms with Gasteiger partial charge in [-0.3, -0.25) is 4.79 Å². The minimum Gasteiger partial charge on any atom is -0.481 e. The number of hydrogen-bond acceptors (Lipinski definition) is 6. The van der Waals surface area contributed by atoms with Crippen molar-refractivity contribution >= 4 is 11.5 Å². The lowest BCUT2D eigenvalue weighted by Gasteiger charge is -2.28. The number of nitrogens with zero attached hydrogens (tertiary/aromatic N) is 3. The number of primary amides is 1. The average Bonchev–Trinajstić information content (AvgIpc) is 3.41. The maximum absolute atomic E-state index is 15.2. The molecule has 3 aromatic rings. The van der Waals surface area contributed by atoms with Crippen molar-refractivity contribution in [3.05, 3.63) is 70.2 Å². The summed E-state index contributed by atoms with van der Waals surface area (Å²) in [5, 5.41) is 22.0. The van der Waals surface area contributed by atoms with Gasteiger partial charge in [-0.2, -0.15) is 0 Å². The Kier molecular flexibility index (Phi) is 5.59. The molecule has 4 heterocycles. The molecule has 7 rings (SSSR count). The molecule has 38 heavy (non-hydrogen) atoms. The molecule has 1 aromatic carbocycles. The number of methoxy groups -OCH3 is 1. The first-order valence-electron chi connectivity index (χ1n) is 12.3. The summed E-state index contributed by atoms with van der Waals surface area (Å²) in [7, 11) is 1.33. The summed E-state index contributed by atoms with van der Waals surface area (Å²) < 4.78 is 36.1. The number of nitrogens with two attached hydrogens (primary N) is 1. The minimum atomic E-state index is -1.55. The Morgan fingerprint density at radius 3 is 2.68 bits per heavy atom. The molecule has 1 saturated carbocycles. The van der Waals surface area contributed by atoms with Crippen LogP contribution in [0.3, 0.4) is 0 Å². The van der Waals surface area contributed by atoms with Crippen LogP contribution >= 0.6 is 0 Å². The highest BCUT2D eigenvalue weighted by Gasteiger charge is 2.39. The highest BCUT2D eigenvalue weighted by molar-refractivity contribution is 5.94. The number of imidazole rings is 1. The normalized spacial score (nSPS) is 19.2. The number of amides is 1. The predicted octanol–water partition coefficient (Wildman–Crippen LogP) is 3.41. The third-order valence-electron chi connectivity index (χ3n) is 7.48. The van der Waals surface area contributed by atoms with Gasteiger partial charge in [-0.15, -0.1) is 0 Å². The molecule has 2 aliphatic carbocycles. The van der Waals surface area contributed by atoms with Crippen molar-refractivity contribution in [2.45, 2.75) is 49.9 Å². The van der Waals surface area contributed by atoms with Crippen LogP contribution in [0, 0.1) is 23.5 Å². The summed E-state index contributed by atoms with van der Waals surface area (Å²) in [5.74, 6) is 3.78. The summed E-state index contributed by atoms with van der Waals surface area (Å²) >= 11 is 0. The topological polar surface area (TPSA) is 123 Å². The van der Waals surface area contributed by atoms with E-state index in [9.17, 15) is 19.4 Å². The Hall–Kier alpha value is -4.07. The number of carbonyl (C=O) groups is 1. The quantitative estimate of drug-likeness (QED) is 0.455. The van der Waals surface area contributed by atoms with Crippen molar-refractivity contribution in [3.8, 4) is 29.1 Å². The molecule has 194 valence electrons. The highest BCUT2D eigenvalue weighted by atomic mass is 19.1. The van der Waals surface area contributed by atoms with E-state index in [1.807, 2.05) is 6.08 Å². The highest BCUT2D eigenvalue weighted by Crippen LogP contribution is 2.49. The molecule has 1 unspecified atom stereocenters. The number of aliphatic hydroxyl groups is 2. The molecule has 4 aliphatic rings. The molecular weight excluding hydrogens is 494 g/mol. The standard InChI is InChI=1S/C28H24F2N4O4/c1-38-27-20(11-16(29)13-32-27)24(35)23-22(25(31)36)33-26-19-10-14(4-7-28(37)5-2-3-6-28)21(30)12-18(19)15-8-17(9-15)34(23)26/h8,10-13,17,24,35,37H,2-3,5-6,9H2,1H3,(H2,31,36)/t17?,24-/m1/s1. The SMILES string of the molecule is COc1ncc(F)cc1[C@@H](O)c1c(C(N)=O)nc2n1C1C=C(C1)c1cc(F)c(C#CC3(O)CCCC3)cc1-2. The number of hydrogen-bond donors (Lipinski definition) is 3. The largest absolute Gasteiger partial charge is 0.481 e. The second-order valence-corrected chi connectivity index (χ2v) is 9.89. The van der Waals surface area contributed by atoms with Crippen LogP contribution in [-0.2, 0) is 0 Å². The van der Waals surface area contributed by atoms with Gasteiger partial charge in [0.1, 0.15) is 29.2 Å². The molecule has 0 radical (unpaired) electrons. The van der Waals surface area contributed by atoms with Gasteiger partial charge in [-0.1, -0.05) is 17.9 Å². The zero-order valence-electron chi connectivity index (χ0n) is 20.5. The lowest BCUT2D eigenvalue weighted by molar-refractivity contribution is 0.0989. The number of aliphatic hydroxyl groups excluding tert-OH is 1. The van der Waals surface area contributed by atoms with Crippen LogP contribution in [0.25, 0.3) is 17.0 Å². The van der Waals surface area contributed by atoms with Crippen molar-refractivity contribution in [3.63, 3.8) is 0 Å². The number of aromatic nitrogens is 3. The van der Waals surface area contributed by atoms with Crippen LogP contribution in [0.1, 0.15) is 77.1 Å². The summed E-state index contributed by atoms with van der Waals surface area (Å²) in [6, 6.07) is 3.69. The van der Waals surface area contributed by atoms with Gasteiger partial charge in [-0.05, 0) is 61.4 Å². The van der Waals surface area contributed by atoms with Crippen LogP contribution in [0.2, 0.25) is 0 Å². The first-order chi connectivity index (χ1) is 18.2. The average molecular weight is 519 g/mol. The van der Waals surface area contributed by atoms with E-state index in [0.717, 1.165) is 30.7 Å². The van der Waals surface area contributed by atoms with Gasteiger partial charge in [0.2, 0.25) is 5.88 Å². The number of ether oxygens (including phenoxy) is 1. The smallest absolute Gasteiger partial charge is 0.269 e. The molecular formula is C28H24F2N4O4. The zero-order chi connectivity index (χ0) is 26.8. The monoisotopic (exact) mass is 518 g/mol. The summed E-state index contributed by atoms with van der Waals surface area (Å²) in [4.78, 5) is 20.9. The molecule has 2 aliphatic heterocycles. The van der Waals surface area contributed by atoms with Crippen molar-refractivity contribution in [2.75, 3.05) is 7.11 Å². The molecule has 1 fully saturated rings. The Balaban J connectivity index is 1.55. The van der Waals surface area contributed by atoms with E-state index in [4.69, 9.17) is 10.5 Å². The third-order valence-corrected chi connectivity index (χ3v) is 7.48. The fourth-order valence-electron chi connectivity index (χ4n) is 5.55. The van der Waals surface area contributed by atoms with E-state index in [0.29, 0.717) is 36.2 Å². The molecule has 4 N–H and O–H groups in total. The van der Waals surface area contributed by atoms with E-state index in [2.05, 4.69) is 21.8 Å². The van der Waals surface area contributed by atoms with Gasteiger partial charge < -0.3 is 25.3 Å². The van der Waals surface area contributed by atoms with Crippen molar-refractivity contribution in [1.82, 2.24) is 14.5 Å². The fourth-order valence-corrected chi connectivity index (χ4v) is 5.55. The number of pyridine rings is 1. The van der Waals surface area contributed by atoms with Crippen LogP contribution in [0.4, 0.5) is 8.78 Å². The van der Waals surface area contributed by atoms with Gasteiger partial charge in [0.15, 0.2) is 5.69 Å². The number of rotatable bonds is 4. The predicted molar refractivity (Wildman–Crippen MR) is 133 cm³/mol. The van der Waals surface area contributed by atoms with Gasteiger partial charge in [0.05, 0.1) is 36.2 Å².